The molecule has 3 rings (SSSR count). The highest BCUT2D eigenvalue weighted by Gasteiger charge is 2.27. The van der Waals surface area contributed by atoms with Crippen LogP contribution in [0.2, 0.25) is 0 Å². The minimum absolute atomic E-state index is 0.0165. The van der Waals surface area contributed by atoms with Gasteiger partial charge in [0.2, 0.25) is 9.84 Å². The molecule has 0 spiro atoms. The monoisotopic (exact) mass is 347 g/mol. The van der Waals surface area contributed by atoms with Crippen LogP contribution in [0.1, 0.15) is 17.9 Å². The molecule has 0 aromatic heterocycles. The van der Waals surface area contributed by atoms with E-state index in [2.05, 4.69) is 4.90 Å². The number of hydrogen-bond donors (Lipinski definition) is 2. The number of hydrogen-bond acceptors (Lipinski definition) is 5. The van der Waals surface area contributed by atoms with Gasteiger partial charge in [-0.25, -0.2) is 8.42 Å². The zero-order chi connectivity index (χ0) is 17.2. The number of β-amino-alcohol motifs (C(OH)–C–C–N with tert-alkyl or cyclic N) is 1. The van der Waals surface area contributed by atoms with Crippen LogP contribution in [0.4, 0.5) is 0 Å². The number of rotatable bonds is 5. The van der Waals surface area contributed by atoms with Crippen molar-refractivity contribution in [3.63, 3.8) is 0 Å². The van der Waals surface area contributed by atoms with Crippen LogP contribution < -0.4 is 0 Å². The van der Waals surface area contributed by atoms with Gasteiger partial charge in [-0.05, 0) is 42.8 Å². The van der Waals surface area contributed by atoms with Crippen LogP contribution in [0, 0.1) is 0 Å². The number of phenolic OH excluding ortho intramolecular Hbond substituents is 1. The van der Waals surface area contributed by atoms with Crippen molar-refractivity contribution in [1.82, 2.24) is 4.90 Å². The molecule has 2 N–H and O–H groups in total. The van der Waals surface area contributed by atoms with Gasteiger partial charge in [0.25, 0.3) is 0 Å². The second-order valence-electron chi connectivity index (χ2n) is 6.05. The Balaban J connectivity index is 1.86. The fourth-order valence-electron chi connectivity index (χ4n) is 3.20. The van der Waals surface area contributed by atoms with E-state index < -0.39 is 9.84 Å². The molecule has 0 saturated carbocycles. The highest BCUT2D eigenvalue weighted by molar-refractivity contribution is 7.91. The number of benzene rings is 2. The predicted octanol–water partition coefficient (Wildman–Crippen LogP) is 2.01. The Morgan fingerprint density at radius 1 is 1.08 bits per heavy atom. The summed E-state index contributed by atoms with van der Waals surface area (Å²) in [6.07, 6.45) is 0.887. The molecule has 128 valence electrons. The molecule has 1 atom stereocenters. The van der Waals surface area contributed by atoms with Crippen LogP contribution in [0.3, 0.4) is 0 Å². The van der Waals surface area contributed by atoms with Crippen molar-refractivity contribution in [2.45, 2.75) is 22.1 Å². The summed E-state index contributed by atoms with van der Waals surface area (Å²) in [5, 5.41) is 19.4. The largest absolute Gasteiger partial charge is 0.508 e. The molecular weight excluding hydrogens is 326 g/mol. The first-order valence-electron chi connectivity index (χ1n) is 7.98. The number of nitrogens with zero attached hydrogens (tertiary/aromatic N) is 1. The SMILES string of the molecule is O=S(=O)(c1ccccc1)c1ccc([C@@H]2CCN(CCO)C2)c(O)c1. The molecule has 1 fully saturated rings. The summed E-state index contributed by atoms with van der Waals surface area (Å²) in [5.74, 6) is 0.174. The van der Waals surface area contributed by atoms with Crippen molar-refractivity contribution in [3.8, 4) is 5.75 Å². The number of phenols is 1. The van der Waals surface area contributed by atoms with Gasteiger partial charge < -0.3 is 15.1 Å². The minimum atomic E-state index is -3.62. The summed E-state index contributed by atoms with van der Waals surface area (Å²) in [7, 11) is -3.62. The second-order valence-corrected chi connectivity index (χ2v) is 8.00. The van der Waals surface area contributed by atoms with Crippen molar-refractivity contribution in [3.05, 3.63) is 54.1 Å². The Hall–Kier alpha value is -1.89. The maximum atomic E-state index is 12.6. The summed E-state index contributed by atoms with van der Waals surface area (Å²) in [6, 6.07) is 12.8. The molecular formula is C18H21NO4S. The molecule has 2 aromatic carbocycles. The molecule has 0 unspecified atom stereocenters. The maximum Gasteiger partial charge on any atom is 0.206 e. The fraction of sp³-hybridized carbons (Fsp3) is 0.333. The lowest BCUT2D eigenvalue weighted by Gasteiger charge is -2.16. The molecule has 1 aliphatic rings. The Morgan fingerprint density at radius 2 is 1.83 bits per heavy atom. The standard InChI is InChI=1S/C18H21NO4S/c20-11-10-19-9-8-14(13-19)17-7-6-16(12-18(17)21)24(22,23)15-4-2-1-3-5-15/h1-7,12,14,20-21H,8-11,13H2/t14-/m1/s1. The van der Waals surface area contributed by atoms with E-state index in [1.807, 2.05) is 0 Å². The summed E-state index contributed by atoms with van der Waals surface area (Å²) in [5.41, 5.74) is 0.766. The van der Waals surface area contributed by atoms with Gasteiger partial charge in [0.1, 0.15) is 5.75 Å². The Morgan fingerprint density at radius 3 is 2.50 bits per heavy atom. The van der Waals surface area contributed by atoms with Gasteiger partial charge in [0.15, 0.2) is 0 Å². The molecule has 0 radical (unpaired) electrons. The highest BCUT2D eigenvalue weighted by atomic mass is 32.2. The Bertz CT molecular complexity index is 805. The van der Waals surface area contributed by atoms with Crippen molar-refractivity contribution < 1.29 is 18.6 Å². The third kappa shape index (κ3) is 3.31. The average molecular weight is 347 g/mol. The van der Waals surface area contributed by atoms with Gasteiger partial charge in [-0.15, -0.1) is 0 Å². The summed E-state index contributed by atoms with van der Waals surface area (Å²) in [6.45, 7) is 2.37. The highest BCUT2D eigenvalue weighted by Crippen LogP contribution is 2.35. The van der Waals surface area contributed by atoms with Crippen molar-refractivity contribution in [2.75, 3.05) is 26.2 Å². The van der Waals surface area contributed by atoms with Crippen molar-refractivity contribution in [2.24, 2.45) is 0 Å². The molecule has 0 bridgehead atoms. The van der Waals surface area contributed by atoms with E-state index in [-0.39, 0.29) is 28.1 Å². The van der Waals surface area contributed by atoms with E-state index >= 15 is 0 Å². The van der Waals surface area contributed by atoms with E-state index in [0.717, 1.165) is 25.1 Å². The van der Waals surface area contributed by atoms with Crippen LogP contribution in [-0.4, -0.2) is 49.8 Å². The first-order valence-corrected chi connectivity index (χ1v) is 9.47. The maximum absolute atomic E-state index is 12.6. The molecule has 5 nitrogen and oxygen atoms in total. The molecule has 24 heavy (non-hydrogen) atoms. The molecule has 1 heterocycles. The first kappa shape index (κ1) is 17.0. The number of aromatic hydroxyl groups is 1. The Kier molecular flexibility index (Phi) is 4.89. The fourth-order valence-corrected chi connectivity index (χ4v) is 4.50. The van der Waals surface area contributed by atoms with Crippen LogP contribution in [0.15, 0.2) is 58.3 Å². The molecule has 2 aromatic rings. The van der Waals surface area contributed by atoms with Gasteiger partial charge >= 0.3 is 0 Å². The van der Waals surface area contributed by atoms with Crippen LogP contribution >= 0.6 is 0 Å². The van der Waals surface area contributed by atoms with Gasteiger partial charge in [-0.2, -0.15) is 0 Å². The van der Waals surface area contributed by atoms with Crippen LogP contribution in [-0.2, 0) is 9.84 Å². The Labute approximate surface area is 142 Å². The minimum Gasteiger partial charge on any atom is -0.508 e. The molecule has 1 saturated heterocycles. The van der Waals surface area contributed by atoms with E-state index in [4.69, 9.17) is 5.11 Å². The number of aliphatic hydroxyl groups is 1. The van der Waals surface area contributed by atoms with Crippen molar-refractivity contribution in [1.29, 1.82) is 0 Å². The molecule has 1 aliphatic heterocycles. The molecule has 0 aliphatic carbocycles. The smallest absolute Gasteiger partial charge is 0.206 e. The quantitative estimate of drug-likeness (QED) is 0.865. The second kappa shape index (κ2) is 6.93. The first-order chi connectivity index (χ1) is 11.5. The van der Waals surface area contributed by atoms with Gasteiger partial charge in [-0.1, -0.05) is 24.3 Å². The molecule has 6 heteroatoms. The third-order valence-electron chi connectivity index (χ3n) is 4.49. The number of sulfone groups is 1. The summed E-state index contributed by atoms with van der Waals surface area (Å²) in [4.78, 5) is 2.45. The lowest BCUT2D eigenvalue weighted by molar-refractivity contribution is 0.220. The van der Waals surface area contributed by atoms with Crippen LogP contribution in [0.25, 0.3) is 0 Å². The van der Waals surface area contributed by atoms with Crippen molar-refractivity contribution >= 4 is 9.84 Å². The van der Waals surface area contributed by atoms with E-state index in [1.54, 1.807) is 42.5 Å². The van der Waals surface area contributed by atoms with Crippen LogP contribution in [0.5, 0.6) is 5.75 Å². The summed E-state index contributed by atoms with van der Waals surface area (Å²) >= 11 is 0. The van der Waals surface area contributed by atoms with E-state index in [1.165, 1.54) is 6.07 Å². The lowest BCUT2D eigenvalue weighted by Crippen LogP contribution is -2.23. The average Bonchev–Trinajstić information content (AvgIpc) is 3.04. The summed E-state index contributed by atoms with van der Waals surface area (Å²) < 4.78 is 25.2. The third-order valence-corrected chi connectivity index (χ3v) is 6.26. The zero-order valence-electron chi connectivity index (χ0n) is 13.3. The zero-order valence-corrected chi connectivity index (χ0v) is 14.1. The van der Waals surface area contributed by atoms with Gasteiger partial charge in [0, 0.05) is 19.0 Å². The van der Waals surface area contributed by atoms with Gasteiger partial charge in [-0.3, -0.25) is 0 Å². The number of aliphatic hydroxyl groups excluding tert-OH is 1. The molecule has 0 amide bonds. The lowest BCUT2D eigenvalue weighted by atomic mass is 9.97. The van der Waals surface area contributed by atoms with Gasteiger partial charge in [0.05, 0.1) is 16.4 Å². The topological polar surface area (TPSA) is 77.8 Å². The normalized spacial score (nSPS) is 18.8. The van der Waals surface area contributed by atoms with E-state index in [9.17, 15) is 13.5 Å². The predicted molar refractivity (Wildman–Crippen MR) is 90.9 cm³/mol. The number of likely N-dealkylation sites (tertiary alicyclic amines) is 1. The van der Waals surface area contributed by atoms with E-state index in [0.29, 0.717) is 6.54 Å².